The largest absolute Gasteiger partial charge is 0.256 e. The Bertz CT molecular complexity index is 634. The highest BCUT2D eigenvalue weighted by atomic mass is 15.1. The molecular weight excluding hydrogens is 496 g/mol. The zero-order valence-electron chi connectivity index (χ0n) is 28.9. The molecule has 41 heavy (non-hydrogen) atoms. The van der Waals surface area contributed by atoms with Gasteiger partial charge in [-0.05, 0) is 32.1 Å². The maximum absolute atomic E-state index is 2.62. The van der Waals surface area contributed by atoms with Gasteiger partial charge in [0.15, 0.2) is 0 Å². The molecule has 0 fully saturated rings. The number of hydrogen-bond donors (Lipinski definition) is 0. The van der Waals surface area contributed by atoms with E-state index in [0.29, 0.717) is 0 Å². The summed E-state index contributed by atoms with van der Waals surface area (Å²) < 4.78 is 5.23. The third kappa shape index (κ3) is 23.4. The molecule has 0 spiro atoms. The fraction of sp³-hybridized carbons (Fsp3) is 0.923. The molecule has 0 N–H and O–H groups in total. The predicted octanol–water partition coefficient (Wildman–Crippen LogP) is 13.1. The molecule has 0 saturated heterocycles. The highest BCUT2D eigenvalue weighted by Gasteiger charge is 2.16. The van der Waals surface area contributed by atoms with Gasteiger partial charge in [0.05, 0.1) is 13.1 Å². The second-order valence-electron chi connectivity index (χ2n) is 13.4. The van der Waals surface area contributed by atoms with Gasteiger partial charge in [-0.2, -0.15) is 0 Å². The van der Waals surface area contributed by atoms with Crippen molar-refractivity contribution >= 4 is 0 Å². The van der Waals surface area contributed by atoms with Gasteiger partial charge >= 0.3 is 0 Å². The van der Waals surface area contributed by atoms with Crippen LogP contribution in [0.5, 0.6) is 0 Å². The molecular formula is C39H77N2+. The summed E-state index contributed by atoms with van der Waals surface area (Å²) in [5.41, 5.74) is 0. The van der Waals surface area contributed by atoms with Crippen LogP contribution in [0.1, 0.15) is 219 Å². The van der Waals surface area contributed by atoms with E-state index in [1.165, 1.54) is 212 Å². The lowest BCUT2D eigenvalue weighted by Gasteiger charge is -2.07. The molecule has 2 nitrogen and oxygen atoms in total. The molecule has 0 aliphatic heterocycles. The first-order valence-electron chi connectivity index (χ1n) is 19.4. The van der Waals surface area contributed by atoms with Crippen molar-refractivity contribution in [1.82, 2.24) is 4.57 Å². The van der Waals surface area contributed by atoms with Gasteiger partial charge < -0.3 is 0 Å². The third-order valence-electron chi connectivity index (χ3n) is 9.35. The number of unbranched alkanes of at least 4 members (excludes halogenated alkanes) is 27. The Morgan fingerprint density at radius 3 is 1.17 bits per heavy atom. The Morgan fingerprint density at radius 1 is 0.415 bits per heavy atom. The lowest BCUT2D eigenvalue weighted by atomic mass is 10.0. The summed E-state index contributed by atoms with van der Waals surface area (Å²) in [6, 6.07) is 0. The predicted molar refractivity (Wildman–Crippen MR) is 184 cm³/mol. The minimum absolute atomic E-state index is 1.23. The van der Waals surface area contributed by atoms with Gasteiger partial charge in [0, 0.05) is 6.42 Å². The molecule has 1 aromatic heterocycles. The van der Waals surface area contributed by atoms with E-state index in [9.17, 15) is 0 Å². The summed E-state index contributed by atoms with van der Waals surface area (Å²) >= 11 is 0. The van der Waals surface area contributed by atoms with Gasteiger partial charge in [0.2, 0.25) is 0 Å². The van der Waals surface area contributed by atoms with E-state index >= 15 is 0 Å². The normalized spacial score (nSPS) is 11.6. The van der Waals surface area contributed by atoms with Crippen molar-refractivity contribution in [1.29, 1.82) is 0 Å². The summed E-state index contributed by atoms with van der Waals surface area (Å²) in [6.07, 6.45) is 48.9. The molecule has 0 saturated carbocycles. The SMILES string of the molecule is CCCCCCCCCCCCCCCCCn1cc[n+](CCCCCCCCCCCCC)c1CCCCCC. The molecule has 0 radical (unpaired) electrons. The third-order valence-corrected chi connectivity index (χ3v) is 9.35. The van der Waals surface area contributed by atoms with E-state index in [1.807, 2.05) is 0 Å². The zero-order chi connectivity index (χ0) is 29.5. The Hall–Kier alpha value is -0.790. The second-order valence-corrected chi connectivity index (χ2v) is 13.4. The first kappa shape index (κ1) is 38.2. The van der Waals surface area contributed by atoms with Crippen molar-refractivity contribution in [2.75, 3.05) is 0 Å². The Kier molecular flexibility index (Phi) is 28.6. The van der Waals surface area contributed by atoms with Crippen LogP contribution in [0.25, 0.3) is 0 Å². The number of rotatable bonds is 33. The van der Waals surface area contributed by atoms with E-state index in [4.69, 9.17) is 0 Å². The fourth-order valence-corrected chi connectivity index (χ4v) is 6.50. The first-order valence-corrected chi connectivity index (χ1v) is 19.4. The van der Waals surface area contributed by atoms with E-state index in [1.54, 1.807) is 5.82 Å². The van der Waals surface area contributed by atoms with Gasteiger partial charge in [-0.3, -0.25) is 0 Å². The highest BCUT2D eigenvalue weighted by Crippen LogP contribution is 2.15. The lowest BCUT2D eigenvalue weighted by Crippen LogP contribution is -2.37. The van der Waals surface area contributed by atoms with Crippen LogP contribution in [0.3, 0.4) is 0 Å². The van der Waals surface area contributed by atoms with Gasteiger partial charge in [-0.15, -0.1) is 0 Å². The van der Waals surface area contributed by atoms with Crippen LogP contribution in [0, 0.1) is 0 Å². The van der Waals surface area contributed by atoms with Gasteiger partial charge in [0.1, 0.15) is 12.4 Å². The maximum Gasteiger partial charge on any atom is 0.256 e. The topological polar surface area (TPSA) is 8.81 Å². The van der Waals surface area contributed by atoms with Gasteiger partial charge in [0.25, 0.3) is 5.82 Å². The van der Waals surface area contributed by atoms with Crippen LogP contribution in [-0.2, 0) is 19.5 Å². The number of aryl methyl sites for hydroxylation is 2. The van der Waals surface area contributed by atoms with Crippen molar-refractivity contribution in [2.24, 2.45) is 0 Å². The maximum atomic E-state index is 2.62. The van der Waals surface area contributed by atoms with Crippen LogP contribution in [0.2, 0.25) is 0 Å². The quantitative estimate of drug-likeness (QED) is 0.0584. The summed E-state index contributed by atoms with van der Waals surface area (Å²) in [5, 5.41) is 0. The average molecular weight is 574 g/mol. The second kappa shape index (κ2) is 30.7. The highest BCUT2D eigenvalue weighted by molar-refractivity contribution is 4.84. The van der Waals surface area contributed by atoms with Gasteiger partial charge in [-0.1, -0.05) is 181 Å². The number of imidazole rings is 1. The molecule has 0 amide bonds. The van der Waals surface area contributed by atoms with Crippen molar-refractivity contribution in [3.05, 3.63) is 18.2 Å². The molecule has 0 aromatic carbocycles. The Morgan fingerprint density at radius 2 is 0.756 bits per heavy atom. The monoisotopic (exact) mass is 574 g/mol. The fourth-order valence-electron chi connectivity index (χ4n) is 6.50. The molecule has 0 bridgehead atoms. The molecule has 0 aliphatic rings. The molecule has 242 valence electrons. The molecule has 1 heterocycles. The summed E-state index contributed by atoms with van der Waals surface area (Å²) in [7, 11) is 0. The van der Waals surface area contributed by atoms with Crippen LogP contribution in [0.15, 0.2) is 12.4 Å². The van der Waals surface area contributed by atoms with E-state index in [2.05, 4.69) is 42.3 Å². The molecule has 0 atom stereocenters. The van der Waals surface area contributed by atoms with Gasteiger partial charge in [-0.25, -0.2) is 9.13 Å². The summed E-state index contributed by atoms with van der Waals surface area (Å²) in [5.74, 6) is 1.61. The van der Waals surface area contributed by atoms with Crippen molar-refractivity contribution in [3.8, 4) is 0 Å². The standard InChI is InChI=1S/C39H77N2/c1-4-7-10-13-15-17-19-20-21-22-24-26-28-30-33-36-41-38-37-40(39(41)34-31-12-9-6-3)35-32-29-27-25-23-18-16-14-11-8-5-2/h37-38H,4-36H2,1-3H3/q+1. The van der Waals surface area contributed by atoms with E-state index < -0.39 is 0 Å². The molecule has 1 rings (SSSR count). The zero-order valence-corrected chi connectivity index (χ0v) is 28.9. The smallest absolute Gasteiger partial charge is 0.234 e. The van der Waals surface area contributed by atoms with Crippen molar-refractivity contribution in [3.63, 3.8) is 0 Å². The Labute approximate surface area is 259 Å². The number of nitrogens with zero attached hydrogens (tertiary/aromatic N) is 2. The van der Waals surface area contributed by atoms with Crippen molar-refractivity contribution in [2.45, 2.75) is 233 Å². The molecule has 0 unspecified atom stereocenters. The summed E-state index contributed by atoms with van der Waals surface area (Å²) in [6.45, 7) is 9.40. The number of hydrogen-bond acceptors (Lipinski definition) is 0. The Balaban J connectivity index is 2.16. The van der Waals surface area contributed by atoms with Crippen LogP contribution < -0.4 is 4.57 Å². The number of aromatic nitrogens is 2. The minimum Gasteiger partial charge on any atom is -0.234 e. The molecule has 2 heteroatoms. The van der Waals surface area contributed by atoms with Crippen LogP contribution >= 0.6 is 0 Å². The minimum atomic E-state index is 1.23. The average Bonchev–Trinajstić information content (AvgIpc) is 3.37. The van der Waals surface area contributed by atoms with E-state index in [0.717, 1.165) is 0 Å². The van der Waals surface area contributed by atoms with Crippen LogP contribution in [-0.4, -0.2) is 4.57 Å². The molecule has 0 aliphatic carbocycles. The van der Waals surface area contributed by atoms with E-state index in [-0.39, 0.29) is 0 Å². The van der Waals surface area contributed by atoms with Crippen LogP contribution in [0.4, 0.5) is 0 Å². The lowest BCUT2D eigenvalue weighted by molar-refractivity contribution is -0.704. The first-order chi connectivity index (χ1) is 20.3. The van der Waals surface area contributed by atoms with Crippen molar-refractivity contribution < 1.29 is 4.57 Å². The molecule has 1 aromatic rings. The summed E-state index contributed by atoms with van der Waals surface area (Å²) in [4.78, 5) is 0.